The van der Waals surface area contributed by atoms with Crippen LogP contribution in [0.3, 0.4) is 0 Å². The first kappa shape index (κ1) is 18.1. The smallest absolute Gasteiger partial charge is 0.306 e. The van der Waals surface area contributed by atoms with Crippen molar-refractivity contribution < 1.29 is 13.2 Å². The Hall–Kier alpha value is -1.70. The summed E-state index contributed by atoms with van der Waals surface area (Å²) in [7, 11) is 0. The number of thiazole rings is 1. The number of rotatable bonds is 5. The summed E-state index contributed by atoms with van der Waals surface area (Å²) in [6, 6.07) is 13.5. The molecule has 0 bridgehead atoms. The summed E-state index contributed by atoms with van der Waals surface area (Å²) in [5, 5.41) is 3.88. The fourth-order valence-electron chi connectivity index (χ4n) is 2.39. The maximum Gasteiger partial charge on any atom is 0.416 e. The van der Waals surface area contributed by atoms with E-state index in [-0.39, 0.29) is 12.1 Å². The Labute approximate surface area is 155 Å². The molecule has 0 unspecified atom stereocenters. The van der Waals surface area contributed by atoms with Gasteiger partial charge >= 0.3 is 6.18 Å². The largest absolute Gasteiger partial charge is 0.416 e. The van der Waals surface area contributed by atoms with Crippen LogP contribution in [0.1, 0.15) is 16.1 Å². The van der Waals surface area contributed by atoms with Crippen molar-refractivity contribution in [2.45, 2.75) is 19.3 Å². The number of hydrogen-bond acceptors (Lipinski definition) is 3. The zero-order valence-corrected chi connectivity index (χ0v) is 15.4. The van der Waals surface area contributed by atoms with Crippen LogP contribution in [-0.2, 0) is 19.3 Å². The zero-order chi connectivity index (χ0) is 17.9. The average molecular weight is 427 g/mol. The predicted molar refractivity (Wildman–Crippen MR) is 97.2 cm³/mol. The van der Waals surface area contributed by atoms with E-state index in [1.54, 1.807) is 12.3 Å². The minimum atomic E-state index is -4.34. The third-order valence-corrected chi connectivity index (χ3v) is 5.17. The Balaban J connectivity index is 1.63. The minimum Gasteiger partial charge on any atom is -0.306 e. The van der Waals surface area contributed by atoms with Crippen LogP contribution in [0.5, 0.6) is 0 Å². The van der Waals surface area contributed by atoms with E-state index in [1.165, 1.54) is 23.5 Å². The van der Waals surface area contributed by atoms with E-state index in [0.29, 0.717) is 6.54 Å². The summed E-state index contributed by atoms with van der Waals surface area (Å²) < 4.78 is 39.9. The summed E-state index contributed by atoms with van der Waals surface area (Å²) in [4.78, 5) is 5.37. The second-order valence-corrected chi connectivity index (χ2v) is 7.41. The Bertz CT molecular complexity index is 844. The van der Waals surface area contributed by atoms with Gasteiger partial charge < -0.3 is 5.32 Å². The van der Waals surface area contributed by atoms with Gasteiger partial charge in [0.2, 0.25) is 0 Å². The number of hydrogen-bond donors (Lipinski definition) is 1. The van der Waals surface area contributed by atoms with Gasteiger partial charge in [0.25, 0.3) is 0 Å². The normalized spacial score (nSPS) is 11.7. The van der Waals surface area contributed by atoms with Crippen LogP contribution in [0.15, 0.2) is 59.2 Å². The summed E-state index contributed by atoms with van der Waals surface area (Å²) in [6.07, 6.45) is -2.55. The fourth-order valence-corrected chi connectivity index (χ4v) is 3.55. The van der Waals surface area contributed by atoms with Gasteiger partial charge in [0, 0.05) is 23.8 Å². The second kappa shape index (κ2) is 7.68. The first-order chi connectivity index (χ1) is 11.9. The van der Waals surface area contributed by atoms with Gasteiger partial charge in [-0.2, -0.15) is 13.2 Å². The Morgan fingerprint density at radius 3 is 2.44 bits per heavy atom. The molecule has 3 aromatic rings. The highest BCUT2D eigenvalue weighted by atomic mass is 79.9. The van der Waals surface area contributed by atoms with Crippen LogP contribution in [0.4, 0.5) is 13.2 Å². The molecule has 25 heavy (non-hydrogen) atoms. The molecule has 0 fully saturated rings. The first-order valence-electron chi connectivity index (χ1n) is 7.50. The number of alkyl halides is 3. The van der Waals surface area contributed by atoms with E-state index in [4.69, 9.17) is 0 Å². The first-order valence-corrected chi connectivity index (χ1v) is 9.11. The molecule has 0 aliphatic heterocycles. The molecule has 2 nitrogen and oxygen atoms in total. The van der Waals surface area contributed by atoms with E-state index < -0.39 is 11.7 Å². The van der Waals surface area contributed by atoms with E-state index in [2.05, 4.69) is 26.2 Å². The molecule has 0 atom stereocenters. The van der Waals surface area contributed by atoms with Crippen molar-refractivity contribution in [1.82, 2.24) is 10.3 Å². The zero-order valence-electron chi connectivity index (χ0n) is 13.0. The summed E-state index contributed by atoms with van der Waals surface area (Å²) in [6.45, 7) is 0.566. The Morgan fingerprint density at radius 1 is 1.00 bits per heavy atom. The number of nitrogens with one attached hydrogen (secondary N) is 1. The fraction of sp³-hybridized carbons (Fsp3) is 0.167. The molecule has 0 spiro atoms. The van der Waals surface area contributed by atoms with Crippen LogP contribution in [0.25, 0.3) is 10.4 Å². The van der Waals surface area contributed by atoms with Crippen LogP contribution < -0.4 is 5.32 Å². The maximum absolute atomic E-state index is 13.0. The predicted octanol–water partition coefficient (Wildman–Crippen LogP) is 5.88. The van der Waals surface area contributed by atoms with Crippen LogP contribution in [0, 0.1) is 0 Å². The summed E-state index contributed by atoms with van der Waals surface area (Å²) in [5.41, 5.74) is 0.700. The van der Waals surface area contributed by atoms with Crippen molar-refractivity contribution >= 4 is 27.3 Å². The molecule has 1 N–H and O–H groups in total. The van der Waals surface area contributed by atoms with E-state index in [0.717, 1.165) is 26.0 Å². The number of halogens is 4. The van der Waals surface area contributed by atoms with Gasteiger partial charge in [-0.25, -0.2) is 4.98 Å². The lowest BCUT2D eigenvalue weighted by Crippen LogP contribution is -2.17. The molecule has 3 rings (SSSR count). The van der Waals surface area contributed by atoms with Gasteiger partial charge in [0.05, 0.1) is 10.4 Å². The highest BCUT2D eigenvalue weighted by molar-refractivity contribution is 9.10. The van der Waals surface area contributed by atoms with Crippen molar-refractivity contribution in [3.8, 4) is 10.4 Å². The monoisotopic (exact) mass is 426 g/mol. The lowest BCUT2D eigenvalue weighted by Gasteiger charge is -2.12. The molecule has 0 aliphatic carbocycles. The lowest BCUT2D eigenvalue weighted by atomic mass is 10.1. The van der Waals surface area contributed by atoms with Gasteiger partial charge in [0.1, 0.15) is 5.01 Å². The highest BCUT2D eigenvalue weighted by Crippen LogP contribution is 2.32. The lowest BCUT2D eigenvalue weighted by molar-refractivity contribution is -0.138. The number of benzene rings is 2. The van der Waals surface area contributed by atoms with Crippen molar-refractivity contribution in [3.63, 3.8) is 0 Å². The average Bonchev–Trinajstić information content (AvgIpc) is 3.04. The summed E-state index contributed by atoms with van der Waals surface area (Å²) >= 11 is 4.92. The molecule has 0 aliphatic rings. The van der Waals surface area contributed by atoms with Crippen LogP contribution in [0.2, 0.25) is 0 Å². The minimum absolute atomic E-state index is 0.142. The van der Waals surface area contributed by atoms with E-state index in [9.17, 15) is 13.2 Å². The van der Waals surface area contributed by atoms with Gasteiger partial charge in [-0.15, -0.1) is 11.3 Å². The van der Waals surface area contributed by atoms with E-state index in [1.807, 2.05) is 24.3 Å². The Morgan fingerprint density at radius 2 is 1.72 bits per heavy atom. The van der Waals surface area contributed by atoms with Gasteiger partial charge in [-0.3, -0.25) is 0 Å². The SMILES string of the molecule is FC(F)(F)c1ccccc1CNCc1ncc(-c2ccc(Br)cc2)s1. The standard InChI is InChI=1S/C18H14BrF3N2S/c19-14-7-5-12(6-8-14)16-10-24-17(25-16)11-23-9-13-3-1-2-4-15(13)18(20,21)22/h1-8,10,23H,9,11H2. The van der Waals surface area contributed by atoms with Gasteiger partial charge in [-0.05, 0) is 29.3 Å². The third-order valence-electron chi connectivity index (χ3n) is 3.60. The maximum atomic E-state index is 13.0. The topological polar surface area (TPSA) is 24.9 Å². The molecule has 2 aromatic carbocycles. The van der Waals surface area contributed by atoms with Crippen molar-refractivity contribution in [3.05, 3.63) is 75.3 Å². The molecule has 0 saturated heterocycles. The summed E-state index contributed by atoms with van der Waals surface area (Å²) in [5.74, 6) is 0. The quantitative estimate of drug-likeness (QED) is 0.550. The second-order valence-electron chi connectivity index (χ2n) is 5.38. The van der Waals surface area contributed by atoms with E-state index >= 15 is 0 Å². The molecule has 0 radical (unpaired) electrons. The number of nitrogens with zero attached hydrogens (tertiary/aromatic N) is 1. The molecule has 1 aromatic heterocycles. The molecule has 0 amide bonds. The van der Waals surface area contributed by atoms with Gasteiger partial charge in [0.15, 0.2) is 0 Å². The molecular weight excluding hydrogens is 413 g/mol. The molecular formula is C18H14BrF3N2S. The third kappa shape index (κ3) is 4.68. The Kier molecular flexibility index (Phi) is 5.56. The highest BCUT2D eigenvalue weighted by Gasteiger charge is 2.32. The molecule has 130 valence electrons. The van der Waals surface area contributed by atoms with Gasteiger partial charge in [-0.1, -0.05) is 46.3 Å². The van der Waals surface area contributed by atoms with Crippen LogP contribution >= 0.6 is 27.3 Å². The van der Waals surface area contributed by atoms with Crippen molar-refractivity contribution in [1.29, 1.82) is 0 Å². The molecule has 1 heterocycles. The van der Waals surface area contributed by atoms with Crippen LogP contribution in [-0.4, -0.2) is 4.98 Å². The number of aromatic nitrogens is 1. The molecule has 7 heteroatoms. The van der Waals surface area contributed by atoms with Crippen molar-refractivity contribution in [2.24, 2.45) is 0 Å². The molecule has 0 saturated carbocycles. The van der Waals surface area contributed by atoms with Crippen molar-refractivity contribution in [2.75, 3.05) is 0 Å².